The summed E-state index contributed by atoms with van der Waals surface area (Å²) in [6.07, 6.45) is 20.9. The molecule has 61 heavy (non-hydrogen) atoms. The molecule has 1 fully saturated rings. The molecule has 0 radical (unpaired) electrons. The van der Waals surface area contributed by atoms with Gasteiger partial charge in [-0.2, -0.15) is 0 Å². The lowest BCUT2D eigenvalue weighted by Crippen LogP contribution is -2.65. The van der Waals surface area contributed by atoms with Gasteiger partial charge in [0, 0.05) is 6.42 Å². The van der Waals surface area contributed by atoms with E-state index in [1.54, 1.807) is 0 Å². The van der Waals surface area contributed by atoms with Crippen molar-refractivity contribution in [2.45, 2.75) is 269 Å². The van der Waals surface area contributed by atoms with Gasteiger partial charge in [-0.3, -0.25) is 18.9 Å². The van der Waals surface area contributed by atoms with Crippen LogP contribution >= 0.6 is 7.82 Å². The molecule has 1 amide bonds. The minimum absolute atomic E-state index is 0.209. The molecule has 1 heterocycles. The van der Waals surface area contributed by atoms with Gasteiger partial charge < -0.3 is 44.6 Å². The number of hydrogen-bond donors (Lipinski definition) is 6. The molecule has 1 aliphatic heterocycles. The van der Waals surface area contributed by atoms with E-state index in [2.05, 4.69) is 26.1 Å². The zero-order valence-electron chi connectivity index (χ0n) is 38.3. The van der Waals surface area contributed by atoms with Gasteiger partial charge in [0.1, 0.15) is 24.4 Å². The van der Waals surface area contributed by atoms with Crippen LogP contribution < -0.4 is 5.32 Å². The van der Waals surface area contributed by atoms with Crippen molar-refractivity contribution in [3.63, 3.8) is 0 Å². The number of carbonyl (C=O) groups is 3. The van der Waals surface area contributed by atoms with E-state index in [0.29, 0.717) is 25.7 Å². The van der Waals surface area contributed by atoms with E-state index in [4.69, 9.17) is 18.7 Å². The first-order valence-electron chi connectivity index (χ1n) is 24.4. The number of rotatable bonds is 40. The number of ether oxygens (including phenoxy) is 3. The first-order chi connectivity index (χ1) is 29.3. The minimum atomic E-state index is -5.29. The normalized spacial score (nSPS) is 20.3. The highest BCUT2D eigenvalue weighted by molar-refractivity contribution is 7.46. The van der Waals surface area contributed by atoms with E-state index in [9.17, 15) is 44.1 Å². The molecule has 14 nitrogen and oxygen atoms in total. The second-order valence-corrected chi connectivity index (χ2v) is 18.5. The van der Waals surface area contributed by atoms with Gasteiger partial charge in [-0.05, 0) is 25.7 Å². The fraction of sp³-hybridized carbons (Fsp3) is 0.935. The van der Waals surface area contributed by atoms with Gasteiger partial charge in [-0.25, -0.2) is 4.57 Å². The molecule has 7 atom stereocenters. The molecule has 0 aromatic carbocycles. The number of carbonyl (C=O) groups excluding carboxylic acids is 3. The molecule has 6 N–H and O–H groups in total. The first-order valence-corrected chi connectivity index (χ1v) is 25.9. The number of phosphoric ester groups is 1. The number of unbranched alkanes of at least 4 members (excludes halogenated alkanes) is 24. The Hall–Kier alpha value is -1.64. The van der Waals surface area contributed by atoms with Crippen molar-refractivity contribution in [3.8, 4) is 0 Å². The molecule has 0 aromatic heterocycles. The Labute approximate surface area is 368 Å². The highest BCUT2D eigenvalue weighted by Crippen LogP contribution is 2.42. The SMILES string of the molecule is CCCCCCCCCCCC(=O)O[C@H](CCCCCCCCCCC)CC(=O)O[C@@H]1C(NC(=O)C[C@H](O)CCCCCCCCCCC)C(O)OC(CO)[C@H]1OP(=O)(O)O. The summed E-state index contributed by atoms with van der Waals surface area (Å²) in [6, 6.07) is -1.58. The molecule has 15 heteroatoms. The van der Waals surface area contributed by atoms with Crippen LogP contribution in [0.3, 0.4) is 0 Å². The molecular weight excluding hydrogens is 805 g/mol. The first kappa shape index (κ1) is 57.4. The lowest BCUT2D eigenvalue weighted by molar-refractivity contribution is -0.256. The number of hydrogen-bond acceptors (Lipinski definition) is 11. The molecule has 0 saturated carbocycles. The average molecular weight is 894 g/mol. The number of nitrogens with one attached hydrogen (secondary N) is 1. The van der Waals surface area contributed by atoms with E-state index in [0.717, 1.165) is 70.6 Å². The molecule has 1 aliphatic rings. The molecule has 1 rings (SSSR count). The van der Waals surface area contributed by atoms with Crippen molar-refractivity contribution in [1.29, 1.82) is 0 Å². The predicted octanol–water partition coefficient (Wildman–Crippen LogP) is 9.39. The van der Waals surface area contributed by atoms with Gasteiger partial charge in [0.2, 0.25) is 5.91 Å². The van der Waals surface area contributed by atoms with Gasteiger partial charge in [-0.1, -0.05) is 181 Å². The third-order valence-corrected chi connectivity index (χ3v) is 12.1. The van der Waals surface area contributed by atoms with E-state index >= 15 is 0 Å². The molecule has 1 saturated heterocycles. The van der Waals surface area contributed by atoms with E-state index in [1.165, 1.54) is 89.9 Å². The van der Waals surface area contributed by atoms with Crippen LogP contribution in [0.2, 0.25) is 0 Å². The van der Waals surface area contributed by atoms with Gasteiger partial charge in [0.25, 0.3) is 0 Å². The van der Waals surface area contributed by atoms with Crippen molar-refractivity contribution in [1.82, 2.24) is 5.32 Å². The quantitative estimate of drug-likeness (QED) is 0.0192. The lowest BCUT2D eigenvalue weighted by atomic mass is 9.96. The standard InChI is InChI=1S/C46H88NO13P/c1-4-7-10-13-16-19-22-25-28-31-37(49)34-40(50)47-43-45(44(60-61(54,55)56)39(36-48)58-46(43)53)59-42(52)35-38(32-29-26-23-20-17-14-11-8-5-2)57-41(51)33-30-27-24-21-18-15-12-9-6-3/h37-39,43-46,48-49,53H,4-36H2,1-3H3,(H,47,50)(H2,54,55,56)/t37-,38-,39?,43?,44-,45-,46?/m1/s1. The van der Waals surface area contributed by atoms with Crippen LogP contribution in [0, 0.1) is 0 Å². The van der Waals surface area contributed by atoms with Gasteiger partial charge in [-0.15, -0.1) is 0 Å². The smallest absolute Gasteiger partial charge is 0.462 e. The van der Waals surface area contributed by atoms with Crippen molar-refractivity contribution < 1.29 is 62.8 Å². The third kappa shape index (κ3) is 30.2. The van der Waals surface area contributed by atoms with Crippen LogP contribution in [0.15, 0.2) is 0 Å². The number of aliphatic hydroxyl groups is 3. The van der Waals surface area contributed by atoms with E-state index < -0.39 is 81.5 Å². The van der Waals surface area contributed by atoms with Crippen LogP contribution in [-0.2, 0) is 37.7 Å². The van der Waals surface area contributed by atoms with Crippen LogP contribution in [0.25, 0.3) is 0 Å². The largest absolute Gasteiger partial charge is 0.470 e. The van der Waals surface area contributed by atoms with Crippen molar-refractivity contribution in [2.75, 3.05) is 6.61 Å². The Kier molecular flexibility index (Phi) is 34.5. The Morgan fingerprint density at radius 1 is 0.623 bits per heavy atom. The maximum Gasteiger partial charge on any atom is 0.470 e. The summed E-state index contributed by atoms with van der Waals surface area (Å²) < 4.78 is 34.0. The van der Waals surface area contributed by atoms with Gasteiger partial charge in [0.05, 0.1) is 25.6 Å². The van der Waals surface area contributed by atoms with Gasteiger partial charge in [0.15, 0.2) is 12.4 Å². The highest BCUT2D eigenvalue weighted by atomic mass is 31.2. The molecule has 0 spiro atoms. The predicted molar refractivity (Wildman–Crippen MR) is 237 cm³/mol. The van der Waals surface area contributed by atoms with Crippen LogP contribution in [0.1, 0.15) is 226 Å². The molecule has 3 unspecified atom stereocenters. The second-order valence-electron chi connectivity index (χ2n) is 17.3. The Morgan fingerprint density at radius 3 is 1.52 bits per heavy atom. The molecular formula is C46H88NO13P. The molecule has 0 aromatic rings. The monoisotopic (exact) mass is 894 g/mol. The number of phosphoric acid groups is 1. The lowest BCUT2D eigenvalue weighted by Gasteiger charge is -2.43. The summed E-state index contributed by atoms with van der Waals surface area (Å²) in [5.74, 6) is -2.06. The Morgan fingerprint density at radius 2 is 1.07 bits per heavy atom. The van der Waals surface area contributed by atoms with E-state index in [1.807, 2.05) is 0 Å². The van der Waals surface area contributed by atoms with Crippen molar-refractivity contribution >= 4 is 25.7 Å². The average Bonchev–Trinajstić information content (AvgIpc) is 3.20. The molecule has 360 valence electrons. The summed E-state index contributed by atoms with van der Waals surface area (Å²) >= 11 is 0. The van der Waals surface area contributed by atoms with E-state index in [-0.39, 0.29) is 12.8 Å². The molecule has 0 aliphatic carbocycles. The Bertz CT molecular complexity index is 1160. The highest BCUT2D eigenvalue weighted by Gasteiger charge is 2.51. The summed E-state index contributed by atoms with van der Waals surface area (Å²) in [5, 5.41) is 34.1. The molecule has 0 bridgehead atoms. The maximum atomic E-state index is 13.7. The van der Waals surface area contributed by atoms with Crippen molar-refractivity contribution in [3.05, 3.63) is 0 Å². The van der Waals surface area contributed by atoms with Crippen LogP contribution in [0.4, 0.5) is 0 Å². The van der Waals surface area contributed by atoms with Crippen LogP contribution in [0.5, 0.6) is 0 Å². The summed E-state index contributed by atoms with van der Waals surface area (Å²) in [5.41, 5.74) is 0. The summed E-state index contributed by atoms with van der Waals surface area (Å²) in [7, 11) is -5.29. The zero-order chi connectivity index (χ0) is 45.1. The van der Waals surface area contributed by atoms with Gasteiger partial charge >= 0.3 is 19.8 Å². The third-order valence-electron chi connectivity index (χ3n) is 11.6. The minimum Gasteiger partial charge on any atom is -0.462 e. The number of aliphatic hydroxyl groups excluding tert-OH is 3. The Balaban J connectivity index is 2.97. The number of esters is 2. The maximum absolute atomic E-state index is 13.7. The summed E-state index contributed by atoms with van der Waals surface area (Å²) in [6.45, 7) is 5.70. The summed E-state index contributed by atoms with van der Waals surface area (Å²) in [4.78, 5) is 59.4. The second kappa shape index (κ2) is 36.7. The fourth-order valence-corrected chi connectivity index (χ4v) is 8.57. The zero-order valence-corrected chi connectivity index (χ0v) is 39.2. The number of amides is 1. The van der Waals surface area contributed by atoms with Crippen molar-refractivity contribution in [2.24, 2.45) is 0 Å². The topological polar surface area (TPSA) is 218 Å². The van der Waals surface area contributed by atoms with Crippen LogP contribution in [-0.4, -0.2) is 92.4 Å². The fourth-order valence-electron chi connectivity index (χ4n) is 7.99.